The van der Waals surface area contributed by atoms with Gasteiger partial charge in [-0.3, -0.25) is 9.89 Å². The molecule has 0 bridgehead atoms. The van der Waals surface area contributed by atoms with Gasteiger partial charge in [0.15, 0.2) is 0 Å². The van der Waals surface area contributed by atoms with Gasteiger partial charge in [-0.1, -0.05) is 12.1 Å². The van der Waals surface area contributed by atoms with Crippen LogP contribution in [0.4, 0.5) is 0 Å². The first-order chi connectivity index (χ1) is 11.7. The molecule has 1 aliphatic heterocycles. The molecule has 3 heterocycles. The standard InChI is InChI=1S/C17H15N5O2/c1-24-13-4-2-3-11(5-13)14-6-15(21-20-14)17(23)22-8-12-7-18-10-19-16(12)9-22/h2-7,10H,8-9H2,1H3,(H,20,21). The molecule has 0 fully saturated rings. The Morgan fingerprint density at radius 1 is 1.29 bits per heavy atom. The minimum Gasteiger partial charge on any atom is -0.497 e. The van der Waals surface area contributed by atoms with E-state index in [1.54, 1.807) is 24.3 Å². The predicted molar refractivity (Wildman–Crippen MR) is 86.2 cm³/mol. The quantitative estimate of drug-likeness (QED) is 0.798. The van der Waals surface area contributed by atoms with Crippen molar-refractivity contribution in [3.05, 3.63) is 59.8 Å². The summed E-state index contributed by atoms with van der Waals surface area (Å²) in [4.78, 5) is 22.6. The molecule has 1 aliphatic rings. The van der Waals surface area contributed by atoms with Crippen LogP contribution < -0.4 is 4.74 Å². The average molecular weight is 321 g/mol. The van der Waals surface area contributed by atoms with Crippen molar-refractivity contribution < 1.29 is 9.53 Å². The van der Waals surface area contributed by atoms with E-state index < -0.39 is 0 Å². The molecule has 0 saturated heterocycles. The molecule has 1 N–H and O–H groups in total. The zero-order valence-electron chi connectivity index (χ0n) is 13.1. The van der Waals surface area contributed by atoms with Gasteiger partial charge in [0.05, 0.1) is 25.0 Å². The summed E-state index contributed by atoms with van der Waals surface area (Å²) in [7, 11) is 1.62. The first kappa shape index (κ1) is 14.4. The van der Waals surface area contributed by atoms with Crippen molar-refractivity contribution >= 4 is 5.91 Å². The second kappa shape index (κ2) is 5.77. The Hall–Kier alpha value is -3.22. The number of hydrogen-bond acceptors (Lipinski definition) is 5. The summed E-state index contributed by atoms with van der Waals surface area (Å²) in [5, 5.41) is 7.07. The molecule has 0 atom stereocenters. The van der Waals surface area contributed by atoms with Crippen LogP contribution in [0.1, 0.15) is 21.7 Å². The highest BCUT2D eigenvalue weighted by Gasteiger charge is 2.26. The van der Waals surface area contributed by atoms with Crippen molar-refractivity contribution in [1.82, 2.24) is 25.1 Å². The summed E-state index contributed by atoms with van der Waals surface area (Å²) in [6.45, 7) is 1.01. The van der Waals surface area contributed by atoms with E-state index in [0.717, 1.165) is 22.6 Å². The number of amides is 1. The number of benzene rings is 1. The molecular formula is C17H15N5O2. The van der Waals surface area contributed by atoms with Crippen LogP contribution >= 0.6 is 0 Å². The molecule has 2 aromatic heterocycles. The molecule has 0 spiro atoms. The van der Waals surface area contributed by atoms with Gasteiger partial charge in [-0.05, 0) is 18.2 Å². The Morgan fingerprint density at radius 2 is 2.21 bits per heavy atom. The summed E-state index contributed by atoms with van der Waals surface area (Å²) in [6, 6.07) is 9.32. The van der Waals surface area contributed by atoms with Gasteiger partial charge in [0.2, 0.25) is 0 Å². The summed E-state index contributed by atoms with van der Waals surface area (Å²) >= 11 is 0. The predicted octanol–water partition coefficient (Wildman–Crippen LogP) is 2.03. The third-order valence-electron chi connectivity index (χ3n) is 4.04. The van der Waals surface area contributed by atoms with Gasteiger partial charge < -0.3 is 9.64 Å². The third-order valence-corrected chi connectivity index (χ3v) is 4.04. The van der Waals surface area contributed by atoms with Crippen LogP contribution in [0, 0.1) is 0 Å². The van der Waals surface area contributed by atoms with E-state index in [1.165, 1.54) is 6.33 Å². The van der Waals surface area contributed by atoms with Crippen LogP contribution in [0.25, 0.3) is 11.3 Å². The number of methoxy groups -OCH3 is 1. The van der Waals surface area contributed by atoms with E-state index >= 15 is 0 Å². The summed E-state index contributed by atoms with van der Waals surface area (Å²) < 4.78 is 5.22. The number of nitrogens with zero attached hydrogens (tertiary/aromatic N) is 4. The lowest BCUT2D eigenvalue weighted by Gasteiger charge is -2.13. The third kappa shape index (κ3) is 2.50. The lowest BCUT2D eigenvalue weighted by molar-refractivity contribution is 0.0744. The second-order valence-corrected chi connectivity index (χ2v) is 5.55. The van der Waals surface area contributed by atoms with Gasteiger partial charge in [-0.2, -0.15) is 5.10 Å². The van der Waals surface area contributed by atoms with E-state index in [2.05, 4.69) is 20.2 Å². The van der Waals surface area contributed by atoms with Gasteiger partial charge in [0, 0.05) is 23.9 Å². The number of aromatic amines is 1. The van der Waals surface area contributed by atoms with Crippen LogP contribution in [0.2, 0.25) is 0 Å². The number of carbonyl (C=O) groups excluding carboxylic acids is 1. The Labute approximate surface area is 138 Å². The van der Waals surface area contributed by atoms with Crippen molar-refractivity contribution in [2.24, 2.45) is 0 Å². The fourth-order valence-electron chi connectivity index (χ4n) is 2.78. The highest BCUT2D eigenvalue weighted by Crippen LogP contribution is 2.25. The fraction of sp³-hybridized carbons (Fsp3) is 0.176. The zero-order valence-corrected chi connectivity index (χ0v) is 13.1. The van der Waals surface area contributed by atoms with Crippen LogP contribution in [-0.4, -0.2) is 38.1 Å². The Bertz CT molecular complexity index is 880. The Balaban J connectivity index is 1.56. The summed E-state index contributed by atoms with van der Waals surface area (Å²) in [6.07, 6.45) is 3.26. The van der Waals surface area contributed by atoms with Gasteiger partial charge in [0.1, 0.15) is 17.8 Å². The summed E-state index contributed by atoms with van der Waals surface area (Å²) in [5.41, 5.74) is 3.92. The highest BCUT2D eigenvalue weighted by atomic mass is 16.5. The molecule has 0 radical (unpaired) electrons. The smallest absolute Gasteiger partial charge is 0.272 e. The molecule has 1 amide bonds. The molecule has 0 saturated carbocycles. The van der Waals surface area contributed by atoms with Crippen LogP contribution in [0.3, 0.4) is 0 Å². The van der Waals surface area contributed by atoms with E-state index in [9.17, 15) is 4.79 Å². The van der Waals surface area contributed by atoms with E-state index in [0.29, 0.717) is 24.5 Å². The Kier molecular flexibility index (Phi) is 3.45. The van der Waals surface area contributed by atoms with E-state index in [-0.39, 0.29) is 5.91 Å². The number of H-pyrrole nitrogens is 1. The lowest BCUT2D eigenvalue weighted by atomic mass is 10.1. The maximum atomic E-state index is 12.7. The number of nitrogens with one attached hydrogen (secondary N) is 1. The normalized spacial score (nSPS) is 13.0. The number of aromatic nitrogens is 4. The molecule has 7 heteroatoms. The largest absolute Gasteiger partial charge is 0.497 e. The topological polar surface area (TPSA) is 84.0 Å². The van der Waals surface area contributed by atoms with Gasteiger partial charge in [0.25, 0.3) is 5.91 Å². The minimum absolute atomic E-state index is 0.102. The monoisotopic (exact) mass is 321 g/mol. The molecule has 3 aromatic rings. The van der Waals surface area contributed by atoms with Crippen molar-refractivity contribution in [2.75, 3.05) is 7.11 Å². The molecular weight excluding hydrogens is 306 g/mol. The van der Waals surface area contributed by atoms with Crippen molar-refractivity contribution in [2.45, 2.75) is 13.1 Å². The van der Waals surface area contributed by atoms with E-state index in [4.69, 9.17) is 4.74 Å². The Morgan fingerprint density at radius 3 is 3.04 bits per heavy atom. The maximum Gasteiger partial charge on any atom is 0.272 e. The fourth-order valence-corrected chi connectivity index (χ4v) is 2.78. The van der Waals surface area contributed by atoms with Crippen molar-refractivity contribution in [3.63, 3.8) is 0 Å². The number of carbonyl (C=O) groups is 1. The van der Waals surface area contributed by atoms with Crippen LogP contribution in [0.5, 0.6) is 5.75 Å². The lowest BCUT2D eigenvalue weighted by Crippen LogP contribution is -2.25. The van der Waals surface area contributed by atoms with Crippen LogP contribution in [-0.2, 0) is 13.1 Å². The molecule has 1 aromatic carbocycles. The van der Waals surface area contributed by atoms with E-state index in [1.807, 2.05) is 24.3 Å². The minimum atomic E-state index is -0.102. The maximum absolute atomic E-state index is 12.7. The molecule has 0 unspecified atom stereocenters. The van der Waals surface area contributed by atoms with Gasteiger partial charge in [-0.15, -0.1) is 0 Å². The SMILES string of the molecule is COc1cccc(-c2cc(C(=O)N3Cc4cncnc4C3)[nH]n2)c1. The average Bonchev–Trinajstić information content (AvgIpc) is 3.28. The van der Waals surface area contributed by atoms with Gasteiger partial charge >= 0.3 is 0 Å². The van der Waals surface area contributed by atoms with Gasteiger partial charge in [-0.25, -0.2) is 9.97 Å². The number of hydrogen-bond donors (Lipinski definition) is 1. The molecule has 24 heavy (non-hydrogen) atoms. The highest BCUT2D eigenvalue weighted by molar-refractivity contribution is 5.93. The zero-order chi connectivity index (χ0) is 16.5. The molecule has 120 valence electrons. The first-order valence-electron chi connectivity index (χ1n) is 7.51. The molecule has 0 aliphatic carbocycles. The number of ether oxygens (including phenoxy) is 1. The molecule has 4 rings (SSSR count). The first-order valence-corrected chi connectivity index (χ1v) is 7.51. The number of rotatable bonds is 3. The van der Waals surface area contributed by atoms with Crippen molar-refractivity contribution in [3.8, 4) is 17.0 Å². The second-order valence-electron chi connectivity index (χ2n) is 5.55. The molecule has 7 nitrogen and oxygen atoms in total. The summed E-state index contributed by atoms with van der Waals surface area (Å²) in [5.74, 6) is 0.645. The number of fused-ring (bicyclic) bond motifs is 1. The van der Waals surface area contributed by atoms with Crippen molar-refractivity contribution in [1.29, 1.82) is 0 Å². The van der Waals surface area contributed by atoms with Crippen LogP contribution in [0.15, 0.2) is 42.9 Å².